The SMILES string of the molecule is N#Cc1ccc(Cn2cncc2CN(C(=O)c2ccc(Cl)cc2)c2ccc(N3CCN(C(=O)c4ccc(Cl)s4)CC3)cc2)cc1. The second-order valence-corrected chi connectivity index (χ2v) is 12.8. The average Bonchev–Trinajstić information content (AvgIpc) is 3.72. The molecule has 11 heteroatoms. The molecule has 0 saturated carbocycles. The molecule has 5 aromatic rings. The number of amides is 2. The standard InChI is InChI=1S/C34H28Cl2N6O2S/c35-27-7-5-26(6-8-27)33(43)42(22-30-20-38-23-41(30)21-25-3-1-24(19-37)2-4-25)29-11-9-28(10-12-29)39-15-17-40(18-16-39)34(44)31-13-14-32(36)45-31/h1-14,20,23H,15-18,21-22H2. The number of imidazole rings is 1. The van der Waals surface area contributed by atoms with Crippen molar-refractivity contribution in [3.8, 4) is 6.07 Å². The van der Waals surface area contributed by atoms with Gasteiger partial charge >= 0.3 is 0 Å². The molecule has 2 amide bonds. The Hall–Kier alpha value is -4.62. The van der Waals surface area contributed by atoms with Crippen molar-refractivity contribution < 1.29 is 9.59 Å². The first-order valence-corrected chi connectivity index (χ1v) is 15.9. The number of rotatable bonds is 8. The number of carbonyl (C=O) groups excluding carboxylic acids is 2. The van der Waals surface area contributed by atoms with E-state index in [9.17, 15) is 9.59 Å². The van der Waals surface area contributed by atoms with Gasteiger partial charge in [-0.15, -0.1) is 11.3 Å². The summed E-state index contributed by atoms with van der Waals surface area (Å²) in [5.74, 6) is -0.150. The van der Waals surface area contributed by atoms with Gasteiger partial charge in [-0.05, 0) is 78.4 Å². The van der Waals surface area contributed by atoms with Crippen LogP contribution in [0.4, 0.5) is 11.4 Å². The molecule has 1 saturated heterocycles. The summed E-state index contributed by atoms with van der Waals surface area (Å²) in [5, 5.41) is 9.69. The molecule has 1 aliphatic heterocycles. The maximum Gasteiger partial charge on any atom is 0.264 e. The molecule has 1 fully saturated rings. The van der Waals surface area contributed by atoms with Crippen LogP contribution in [0.25, 0.3) is 0 Å². The number of aromatic nitrogens is 2. The lowest BCUT2D eigenvalue weighted by atomic mass is 10.1. The van der Waals surface area contributed by atoms with Gasteiger partial charge in [0.05, 0.1) is 39.4 Å². The number of piperazine rings is 1. The monoisotopic (exact) mass is 654 g/mol. The predicted molar refractivity (Wildman–Crippen MR) is 178 cm³/mol. The highest BCUT2D eigenvalue weighted by Crippen LogP contribution is 2.27. The van der Waals surface area contributed by atoms with Crippen LogP contribution in [0.3, 0.4) is 0 Å². The molecule has 3 aromatic carbocycles. The van der Waals surface area contributed by atoms with Crippen molar-refractivity contribution in [2.24, 2.45) is 0 Å². The second kappa shape index (κ2) is 13.6. The van der Waals surface area contributed by atoms with Gasteiger partial charge in [0.1, 0.15) is 0 Å². The number of nitrogens with zero attached hydrogens (tertiary/aromatic N) is 6. The van der Waals surface area contributed by atoms with Gasteiger partial charge in [0.25, 0.3) is 11.8 Å². The predicted octanol–water partition coefficient (Wildman–Crippen LogP) is 6.98. The summed E-state index contributed by atoms with van der Waals surface area (Å²) in [6, 6.07) is 27.9. The van der Waals surface area contributed by atoms with Crippen molar-refractivity contribution in [2.45, 2.75) is 13.1 Å². The Morgan fingerprint density at radius 2 is 1.60 bits per heavy atom. The van der Waals surface area contributed by atoms with Gasteiger partial charge in [0.15, 0.2) is 0 Å². The zero-order chi connectivity index (χ0) is 31.3. The van der Waals surface area contributed by atoms with Gasteiger partial charge < -0.3 is 19.3 Å². The van der Waals surface area contributed by atoms with E-state index in [1.54, 1.807) is 66.0 Å². The molecule has 0 bridgehead atoms. The quantitative estimate of drug-likeness (QED) is 0.180. The lowest BCUT2D eigenvalue weighted by Gasteiger charge is -2.36. The van der Waals surface area contributed by atoms with Crippen molar-refractivity contribution in [3.63, 3.8) is 0 Å². The van der Waals surface area contributed by atoms with E-state index in [0.29, 0.717) is 64.6 Å². The minimum absolute atomic E-state index is 0.0108. The molecular weight excluding hydrogens is 627 g/mol. The highest BCUT2D eigenvalue weighted by molar-refractivity contribution is 7.17. The van der Waals surface area contributed by atoms with Gasteiger partial charge in [-0.25, -0.2) is 4.98 Å². The molecule has 0 atom stereocenters. The molecule has 2 aromatic heterocycles. The van der Waals surface area contributed by atoms with Crippen molar-refractivity contribution in [3.05, 3.63) is 134 Å². The van der Waals surface area contributed by atoms with Crippen molar-refractivity contribution in [2.75, 3.05) is 36.0 Å². The van der Waals surface area contributed by atoms with Crippen LogP contribution >= 0.6 is 34.5 Å². The number of benzene rings is 3. The first kappa shape index (κ1) is 30.4. The Bertz CT molecular complexity index is 1840. The number of hydrogen-bond donors (Lipinski definition) is 0. The maximum atomic E-state index is 13.9. The number of carbonyl (C=O) groups is 2. The van der Waals surface area contributed by atoms with Crippen molar-refractivity contribution in [1.29, 1.82) is 5.26 Å². The lowest BCUT2D eigenvalue weighted by molar-refractivity contribution is 0.0751. The van der Waals surface area contributed by atoms with Crippen LogP contribution in [0.15, 0.2) is 97.5 Å². The number of hydrogen-bond acceptors (Lipinski definition) is 6. The molecule has 0 unspecified atom stereocenters. The van der Waals surface area contributed by atoms with Crippen LogP contribution < -0.4 is 9.80 Å². The normalized spacial score (nSPS) is 13.0. The van der Waals surface area contributed by atoms with Crippen LogP contribution in [0.1, 0.15) is 36.9 Å². The third kappa shape index (κ3) is 7.04. The van der Waals surface area contributed by atoms with E-state index in [4.69, 9.17) is 28.5 Å². The van der Waals surface area contributed by atoms with Gasteiger partial charge in [-0.2, -0.15) is 5.26 Å². The van der Waals surface area contributed by atoms with Crippen LogP contribution in [0.2, 0.25) is 9.36 Å². The van der Waals surface area contributed by atoms with E-state index in [0.717, 1.165) is 22.6 Å². The average molecular weight is 656 g/mol. The van der Waals surface area contributed by atoms with Crippen LogP contribution in [-0.2, 0) is 13.1 Å². The first-order valence-electron chi connectivity index (χ1n) is 14.3. The fourth-order valence-electron chi connectivity index (χ4n) is 5.29. The van der Waals surface area contributed by atoms with E-state index in [1.165, 1.54) is 11.3 Å². The minimum atomic E-state index is -0.161. The van der Waals surface area contributed by atoms with Crippen LogP contribution in [0, 0.1) is 11.3 Å². The van der Waals surface area contributed by atoms with Crippen LogP contribution in [-0.4, -0.2) is 52.4 Å². The fraction of sp³-hybridized carbons (Fsp3) is 0.176. The Balaban J connectivity index is 1.20. The van der Waals surface area contributed by atoms with E-state index in [1.807, 2.05) is 45.9 Å². The third-order valence-electron chi connectivity index (χ3n) is 7.77. The fourth-order valence-corrected chi connectivity index (χ4v) is 6.43. The smallest absolute Gasteiger partial charge is 0.264 e. The zero-order valence-corrected chi connectivity index (χ0v) is 26.5. The topological polar surface area (TPSA) is 85.5 Å². The molecule has 0 N–H and O–H groups in total. The summed E-state index contributed by atoms with van der Waals surface area (Å²) in [4.78, 5) is 37.6. The van der Waals surface area contributed by atoms with Crippen LogP contribution in [0.5, 0.6) is 0 Å². The number of thiophene rings is 1. The molecule has 8 nitrogen and oxygen atoms in total. The maximum absolute atomic E-state index is 13.9. The van der Waals surface area contributed by atoms with Crippen molar-refractivity contribution >= 4 is 57.7 Å². The molecule has 6 rings (SSSR count). The number of anilines is 2. The summed E-state index contributed by atoms with van der Waals surface area (Å²) < 4.78 is 2.61. The van der Waals surface area contributed by atoms with Gasteiger partial charge in [0.2, 0.25) is 0 Å². The Morgan fingerprint density at radius 1 is 0.889 bits per heavy atom. The largest absolute Gasteiger partial charge is 0.368 e. The summed E-state index contributed by atoms with van der Waals surface area (Å²) in [6.45, 7) is 3.47. The third-order valence-corrected chi connectivity index (χ3v) is 9.24. The molecule has 3 heterocycles. The Kier molecular flexibility index (Phi) is 9.17. The van der Waals surface area contributed by atoms with Gasteiger partial charge in [0, 0.05) is 60.9 Å². The van der Waals surface area contributed by atoms with E-state index < -0.39 is 0 Å². The van der Waals surface area contributed by atoms with Gasteiger partial charge in [-0.1, -0.05) is 35.3 Å². The molecule has 0 aliphatic carbocycles. The molecule has 1 aliphatic rings. The first-order chi connectivity index (χ1) is 21.9. The lowest BCUT2D eigenvalue weighted by Crippen LogP contribution is -2.48. The second-order valence-electron chi connectivity index (χ2n) is 10.6. The highest BCUT2D eigenvalue weighted by Gasteiger charge is 2.24. The number of halogens is 2. The van der Waals surface area contributed by atoms with E-state index in [-0.39, 0.29) is 11.8 Å². The summed E-state index contributed by atoms with van der Waals surface area (Å²) in [6.07, 6.45) is 3.52. The zero-order valence-electron chi connectivity index (χ0n) is 24.1. The van der Waals surface area contributed by atoms with Gasteiger partial charge in [-0.3, -0.25) is 9.59 Å². The van der Waals surface area contributed by atoms with E-state index in [2.05, 4.69) is 16.0 Å². The summed E-state index contributed by atoms with van der Waals surface area (Å²) in [5.41, 5.74) is 4.78. The Labute approximate surface area is 275 Å². The highest BCUT2D eigenvalue weighted by atomic mass is 35.5. The number of nitriles is 1. The molecule has 0 spiro atoms. The minimum Gasteiger partial charge on any atom is -0.368 e. The molecule has 226 valence electrons. The Morgan fingerprint density at radius 3 is 2.24 bits per heavy atom. The van der Waals surface area contributed by atoms with Crippen molar-refractivity contribution in [1.82, 2.24) is 14.5 Å². The van der Waals surface area contributed by atoms with E-state index >= 15 is 0 Å². The summed E-state index contributed by atoms with van der Waals surface area (Å²) in [7, 11) is 0. The molecular formula is C34H28Cl2N6O2S. The molecule has 45 heavy (non-hydrogen) atoms. The molecule has 0 radical (unpaired) electrons. The summed E-state index contributed by atoms with van der Waals surface area (Å²) >= 11 is 13.4.